The SMILES string of the molecule is CC1CC(=O)N(CCCCC(=O)N2CCN(CC(=O)O)CCN(C(=O)CCCCC[N+]3=C(/C=C/C4=C(Oc5ccc(S(=O)(=O)O)cc5)C(=C/C=C5/N(CCCCS(=O)(=O)O)c6ccc(S(=O)(=O)O)cc6C5(C)C)/CCC4)C(C)(C)c4cc(S(=O)(=O)O)ccc43)CCN(CC(=O)O)CC2)C1=O. The minimum atomic E-state index is -4.66. The highest BCUT2D eigenvalue weighted by Gasteiger charge is 2.46. The van der Waals surface area contributed by atoms with Crippen LogP contribution in [0, 0.1) is 5.92 Å². The second-order valence-electron chi connectivity index (χ2n) is 26.9. The van der Waals surface area contributed by atoms with Crippen molar-refractivity contribution in [2.45, 2.75) is 144 Å². The number of carbonyl (C=O) groups is 6. The maximum atomic E-state index is 14.2. The maximum absolute atomic E-state index is 14.2. The van der Waals surface area contributed by atoms with Gasteiger partial charge in [-0.3, -0.25) is 61.7 Å². The average Bonchev–Trinajstić information content (AvgIpc) is 1.59. The first-order valence-corrected chi connectivity index (χ1v) is 39.2. The van der Waals surface area contributed by atoms with Gasteiger partial charge in [0.25, 0.3) is 40.5 Å². The molecule has 546 valence electrons. The van der Waals surface area contributed by atoms with Crippen LogP contribution in [-0.2, 0) is 80.1 Å². The molecule has 0 saturated carbocycles. The van der Waals surface area contributed by atoms with E-state index in [9.17, 15) is 90.9 Å². The largest absolute Gasteiger partial charge is 0.480 e. The van der Waals surface area contributed by atoms with Gasteiger partial charge in [-0.2, -0.15) is 38.2 Å². The van der Waals surface area contributed by atoms with Gasteiger partial charge in [0.1, 0.15) is 18.1 Å². The molecule has 4 heterocycles. The van der Waals surface area contributed by atoms with Crippen LogP contribution in [0.2, 0.25) is 0 Å². The number of carboxylic acid groups (broad SMARTS) is 2. The summed E-state index contributed by atoms with van der Waals surface area (Å²) < 4.78 is 146. The fraction of sp³-hybridized carbons (Fsp3) is 0.515. The number of benzene rings is 3. The Balaban J connectivity index is 1.05. The van der Waals surface area contributed by atoms with Crippen LogP contribution in [0.5, 0.6) is 5.75 Å². The van der Waals surface area contributed by atoms with E-state index in [0.29, 0.717) is 109 Å². The predicted molar refractivity (Wildman–Crippen MR) is 369 cm³/mol. The lowest BCUT2D eigenvalue weighted by molar-refractivity contribution is -0.438. The summed E-state index contributed by atoms with van der Waals surface area (Å²) >= 11 is 0. The summed E-state index contributed by atoms with van der Waals surface area (Å²) in [6.07, 6.45) is 12.0. The zero-order valence-corrected chi connectivity index (χ0v) is 60.1. The van der Waals surface area contributed by atoms with Crippen molar-refractivity contribution < 1.29 is 100 Å². The number of rotatable bonds is 28. The lowest BCUT2D eigenvalue weighted by atomic mass is 9.81. The van der Waals surface area contributed by atoms with Gasteiger partial charge in [0.2, 0.25) is 29.3 Å². The molecule has 0 bridgehead atoms. The van der Waals surface area contributed by atoms with E-state index in [0.717, 1.165) is 5.71 Å². The molecule has 2 saturated heterocycles. The van der Waals surface area contributed by atoms with E-state index < -0.39 is 69.0 Å². The highest BCUT2D eigenvalue weighted by atomic mass is 32.2. The second kappa shape index (κ2) is 32.6. The van der Waals surface area contributed by atoms with E-state index >= 15 is 0 Å². The van der Waals surface area contributed by atoms with Gasteiger partial charge in [-0.05, 0) is 155 Å². The molecule has 0 aromatic heterocycles. The summed E-state index contributed by atoms with van der Waals surface area (Å²) in [5.74, 6) is -3.46. The van der Waals surface area contributed by atoms with Gasteiger partial charge in [-0.15, -0.1) is 0 Å². The first kappa shape index (κ1) is 78.2. The van der Waals surface area contributed by atoms with Crippen molar-refractivity contribution >= 4 is 93.1 Å². The monoisotopic (exact) mass is 1470 g/mol. The molecule has 100 heavy (non-hydrogen) atoms. The quantitative estimate of drug-likeness (QED) is 0.0190. The summed E-state index contributed by atoms with van der Waals surface area (Å²) in [4.78, 5) is 85.5. The Morgan fingerprint density at radius 1 is 0.590 bits per heavy atom. The number of nitrogens with zero attached hydrogens (tertiary/aromatic N) is 7. The van der Waals surface area contributed by atoms with Crippen molar-refractivity contribution in [3.05, 3.63) is 119 Å². The average molecular weight is 1470 g/mol. The molecular formula is C68H90N7O21S4+. The number of fused-ring (bicyclic) bond motifs is 2. The normalized spacial score (nSPS) is 20.0. The zero-order valence-electron chi connectivity index (χ0n) is 56.8. The van der Waals surface area contributed by atoms with Gasteiger partial charge in [-0.1, -0.05) is 26.8 Å². The minimum Gasteiger partial charge on any atom is -0.480 e. The van der Waals surface area contributed by atoms with Gasteiger partial charge < -0.3 is 29.6 Å². The number of likely N-dealkylation sites (tertiary alicyclic amines) is 1. The molecule has 0 spiro atoms. The van der Waals surface area contributed by atoms with E-state index in [2.05, 4.69) is 0 Å². The van der Waals surface area contributed by atoms with E-state index in [1.807, 2.05) is 61.5 Å². The van der Waals surface area contributed by atoms with Crippen molar-refractivity contribution in [3.8, 4) is 5.75 Å². The standard InChI is InChI=1S/C68H89N7O21S4/c1-47-42-62(78)75(66(47)83)32-10-8-17-61(77)72-39-35-69(45-63(79)80)33-37-71(38-34-70(36-40-72)46-64(81)82)60(76)16-7-6-9-30-73-56-26-24-52(99(90,91)92)43-54(56)67(2,3)58(73)28-18-48-14-13-15-49(65(48)96-50-20-22-51(23-21-50)98(87,88)89)19-29-59-68(4,5)55-44-53(100(93,94)95)25-27-57(55)74(59)31-11-12-41-97(84,85)86/h18-29,43-44,47H,6-17,30-42,45-46H2,1-5H3,(H5-,79,80,81,82,84,85,86,87,88,89,90,91,92,93,94,95)/p+1. The Kier molecular flexibility index (Phi) is 25.5. The van der Waals surface area contributed by atoms with Crippen LogP contribution in [0.3, 0.4) is 0 Å². The molecule has 32 heteroatoms. The van der Waals surface area contributed by atoms with E-state index in [1.165, 1.54) is 53.4 Å². The maximum Gasteiger partial charge on any atom is 0.317 e. The van der Waals surface area contributed by atoms with Crippen LogP contribution in [0.15, 0.2) is 122 Å². The number of imide groups is 1. The summed E-state index contributed by atoms with van der Waals surface area (Å²) in [6, 6.07) is 13.7. The molecule has 1 aliphatic carbocycles. The molecule has 4 aliphatic heterocycles. The number of amides is 4. The number of unbranched alkanes of at least 4 members (excludes halogenated alkanes) is 4. The van der Waals surface area contributed by atoms with Crippen LogP contribution in [0.1, 0.15) is 129 Å². The van der Waals surface area contributed by atoms with Crippen LogP contribution in [0.4, 0.5) is 11.4 Å². The lowest BCUT2D eigenvalue weighted by Crippen LogP contribution is -2.49. The van der Waals surface area contributed by atoms with Gasteiger partial charge >= 0.3 is 11.9 Å². The van der Waals surface area contributed by atoms with E-state index in [-0.39, 0.29) is 154 Å². The first-order valence-electron chi connectivity index (χ1n) is 33.3. The topological polar surface area (TPSA) is 392 Å². The molecule has 3 aromatic carbocycles. The van der Waals surface area contributed by atoms with Crippen LogP contribution >= 0.6 is 0 Å². The zero-order chi connectivity index (χ0) is 73.3. The molecule has 5 aliphatic rings. The Labute approximate surface area is 584 Å². The van der Waals surface area contributed by atoms with Crippen molar-refractivity contribution in [1.82, 2.24) is 24.5 Å². The van der Waals surface area contributed by atoms with Crippen molar-refractivity contribution in [1.29, 1.82) is 0 Å². The Morgan fingerprint density at radius 2 is 1.11 bits per heavy atom. The molecule has 4 amide bonds. The molecule has 8 rings (SSSR count). The molecule has 1 unspecified atom stereocenters. The summed E-state index contributed by atoms with van der Waals surface area (Å²) in [5.41, 5.74) is 3.32. The second-order valence-corrected chi connectivity index (χ2v) is 32.8. The molecular weight excluding hydrogens is 1380 g/mol. The number of anilines is 1. The number of ether oxygens (including phenoxy) is 1. The molecule has 2 fully saturated rings. The number of hydrogen-bond donors (Lipinski definition) is 6. The highest BCUT2D eigenvalue weighted by Crippen LogP contribution is 2.49. The first-order chi connectivity index (χ1) is 46.8. The summed E-state index contributed by atoms with van der Waals surface area (Å²) in [5, 5.41) is 19.8. The molecule has 28 nitrogen and oxygen atoms in total. The number of hydrogen-bond acceptors (Lipinski definition) is 18. The Bertz CT molecular complexity index is 4250. The summed E-state index contributed by atoms with van der Waals surface area (Å²) in [6.45, 7) is 10.3. The van der Waals surface area contributed by atoms with Crippen LogP contribution in [0.25, 0.3) is 0 Å². The van der Waals surface area contributed by atoms with E-state index in [4.69, 9.17) is 4.74 Å². The number of carboxylic acids is 2. The van der Waals surface area contributed by atoms with Gasteiger partial charge in [0, 0.05) is 132 Å². The van der Waals surface area contributed by atoms with Gasteiger partial charge in [-0.25, -0.2) is 0 Å². The number of allylic oxidation sites excluding steroid dienone is 7. The Morgan fingerprint density at radius 3 is 1.64 bits per heavy atom. The van der Waals surface area contributed by atoms with Crippen molar-refractivity contribution in [2.75, 3.05) is 95.7 Å². The fourth-order valence-corrected chi connectivity index (χ4v) is 15.6. The molecule has 0 radical (unpaired) electrons. The highest BCUT2D eigenvalue weighted by molar-refractivity contribution is 7.86. The van der Waals surface area contributed by atoms with E-state index in [1.54, 1.807) is 38.7 Å². The lowest BCUT2D eigenvalue weighted by Gasteiger charge is -2.33. The molecule has 3 aromatic rings. The Hall–Kier alpha value is -7.53. The smallest absolute Gasteiger partial charge is 0.317 e. The van der Waals surface area contributed by atoms with Gasteiger partial charge in [0.15, 0.2) is 5.71 Å². The third-order valence-electron chi connectivity index (χ3n) is 19.0. The molecule has 1 atom stereocenters. The third kappa shape index (κ3) is 20.2. The minimum absolute atomic E-state index is 0.0893. The van der Waals surface area contributed by atoms with Crippen LogP contribution in [-0.4, -0.2) is 223 Å². The third-order valence-corrected chi connectivity index (χ3v) is 22.4. The fourth-order valence-electron chi connectivity index (χ4n) is 13.5. The number of aliphatic carboxylic acids is 2. The van der Waals surface area contributed by atoms with Crippen molar-refractivity contribution in [2.24, 2.45) is 5.92 Å². The summed E-state index contributed by atoms with van der Waals surface area (Å²) in [7, 11) is -18.1. The van der Waals surface area contributed by atoms with Gasteiger partial charge in [0.05, 0.1) is 38.9 Å². The van der Waals surface area contributed by atoms with Crippen molar-refractivity contribution in [3.63, 3.8) is 0 Å². The predicted octanol–water partition coefficient (Wildman–Crippen LogP) is 6.72. The molecule has 6 N–H and O–H groups in total. The number of carbonyl (C=O) groups excluding carboxylic acids is 4. The van der Waals surface area contributed by atoms with Crippen LogP contribution < -0.4 is 9.64 Å².